The van der Waals surface area contributed by atoms with Crippen LogP contribution in [0, 0.1) is 0 Å². The maximum Gasteiger partial charge on any atom is 0.271 e. The molecule has 0 saturated heterocycles. The van der Waals surface area contributed by atoms with E-state index in [0.717, 1.165) is 11.3 Å². The molecule has 0 bridgehead atoms. The van der Waals surface area contributed by atoms with Gasteiger partial charge >= 0.3 is 0 Å². The Bertz CT molecular complexity index is 1110. The number of hydrazone groups is 1. The Morgan fingerprint density at radius 2 is 1.45 bits per heavy atom. The average molecular weight is 435 g/mol. The number of nitrogens with one attached hydrogen (secondary N) is 2. The second kappa shape index (κ2) is 9.91. The van der Waals surface area contributed by atoms with Crippen molar-refractivity contribution in [3.63, 3.8) is 0 Å². The zero-order chi connectivity index (χ0) is 22.4. The van der Waals surface area contributed by atoms with Gasteiger partial charge in [0.05, 0.1) is 5.71 Å². The van der Waals surface area contributed by atoms with Gasteiger partial charge in [-0.3, -0.25) is 9.59 Å². The molecule has 3 rings (SSSR count). The second-order valence-electron chi connectivity index (χ2n) is 7.12. The minimum absolute atomic E-state index is 0.238. The van der Waals surface area contributed by atoms with Crippen molar-refractivity contribution in [1.29, 1.82) is 0 Å². The van der Waals surface area contributed by atoms with Gasteiger partial charge < -0.3 is 10.2 Å². The summed E-state index contributed by atoms with van der Waals surface area (Å²) in [4.78, 5) is 26.7. The lowest BCUT2D eigenvalue weighted by Gasteiger charge is -2.12. The first-order valence-electron chi connectivity index (χ1n) is 9.63. The predicted octanol–water partition coefficient (Wildman–Crippen LogP) is 4.81. The molecule has 0 atom stereocenters. The first-order valence-corrected chi connectivity index (χ1v) is 10.0. The number of amides is 2. The van der Waals surface area contributed by atoms with E-state index < -0.39 is 0 Å². The molecule has 0 spiro atoms. The summed E-state index contributed by atoms with van der Waals surface area (Å²) in [7, 11) is 3.88. The summed E-state index contributed by atoms with van der Waals surface area (Å²) in [5.41, 5.74) is 6.62. The molecule has 0 saturated carbocycles. The van der Waals surface area contributed by atoms with E-state index in [9.17, 15) is 9.59 Å². The van der Waals surface area contributed by atoms with Crippen LogP contribution in [0.1, 0.15) is 33.2 Å². The molecule has 0 aliphatic heterocycles. The van der Waals surface area contributed by atoms with Crippen molar-refractivity contribution in [3.8, 4) is 0 Å². The highest BCUT2D eigenvalue weighted by atomic mass is 35.5. The summed E-state index contributed by atoms with van der Waals surface area (Å²) in [6, 6.07) is 21.2. The van der Waals surface area contributed by atoms with Gasteiger partial charge in [0, 0.05) is 41.6 Å². The van der Waals surface area contributed by atoms with Crippen molar-refractivity contribution in [2.75, 3.05) is 24.3 Å². The van der Waals surface area contributed by atoms with Gasteiger partial charge in [-0.2, -0.15) is 5.10 Å². The topological polar surface area (TPSA) is 73.8 Å². The van der Waals surface area contributed by atoms with Gasteiger partial charge in [0.25, 0.3) is 11.8 Å². The lowest BCUT2D eigenvalue weighted by Crippen LogP contribution is -2.19. The number of hydrogen-bond donors (Lipinski definition) is 2. The molecule has 0 fully saturated rings. The second-order valence-corrected chi connectivity index (χ2v) is 7.56. The zero-order valence-electron chi connectivity index (χ0n) is 17.5. The summed E-state index contributed by atoms with van der Waals surface area (Å²) in [5.74, 6) is -0.533. The minimum Gasteiger partial charge on any atom is -0.378 e. The highest BCUT2D eigenvalue weighted by Gasteiger charge is 2.08. The molecule has 0 aromatic heterocycles. The third-order valence-electron chi connectivity index (χ3n) is 4.62. The van der Waals surface area contributed by atoms with E-state index in [2.05, 4.69) is 15.8 Å². The molecule has 0 unspecified atom stereocenters. The van der Waals surface area contributed by atoms with Gasteiger partial charge in [0.2, 0.25) is 0 Å². The summed E-state index contributed by atoms with van der Waals surface area (Å²) in [6.45, 7) is 1.79. The number of nitrogens with zero attached hydrogens (tertiary/aromatic N) is 2. The van der Waals surface area contributed by atoms with E-state index in [1.165, 1.54) is 0 Å². The van der Waals surface area contributed by atoms with Crippen LogP contribution in [0.2, 0.25) is 5.02 Å². The highest BCUT2D eigenvalue weighted by Crippen LogP contribution is 2.15. The molecule has 3 aromatic carbocycles. The molecule has 0 heterocycles. The van der Waals surface area contributed by atoms with Crippen molar-refractivity contribution in [2.45, 2.75) is 6.92 Å². The SMILES string of the molecule is C/C(=N/NC(=O)c1ccc(N(C)C)cc1)c1cccc(NC(=O)c2ccc(Cl)cc2)c1. The maximum atomic E-state index is 12.4. The molecule has 2 amide bonds. The number of rotatable bonds is 6. The van der Waals surface area contributed by atoms with Crippen LogP contribution in [0.4, 0.5) is 11.4 Å². The molecule has 6 nitrogen and oxygen atoms in total. The number of anilines is 2. The Labute approximate surface area is 186 Å². The van der Waals surface area contributed by atoms with Gasteiger partial charge in [-0.05, 0) is 73.2 Å². The van der Waals surface area contributed by atoms with Crippen molar-refractivity contribution in [2.24, 2.45) is 5.10 Å². The molecular weight excluding hydrogens is 412 g/mol. The minimum atomic E-state index is -0.295. The molecule has 0 radical (unpaired) electrons. The van der Waals surface area contributed by atoms with Crippen LogP contribution in [0.5, 0.6) is 0 Å². The molecule has 2 N–H and O–H groups in total. The third kappa shape index (κ3) is 5.93. The number of halogens is 1. The Kier molecular flexibility index (Phi) is 7.05. The molecule has 158 valence electrons. The van der Waals surface area contributed by atoms with E-state index in [0.29, 0.717) is 27.5 Å². The van der Waals surface area contributed by atoms with Gasteiger partial charge in [0.1, 0.15) is 0 Å². The average Bonchev–Trinajstić information content (AvgIpc) is 2.77. The van der Waals surface area contributed by atoms with Gasteiger partial charge in [-0.25, -0.2) is 5.43 Å². The first-order chi connectivity index (χ1) is 14.8. The lowest BCUT2D eigenvalue weighted by atomic mass is 10.1. The van der Waals surface area contributed by atoms with Crippen LogP contribution in [-0.2, 0) is 0 Å². The van der Waals surface area contributed by atoms with Crippen molar-refractivity contribution >= 4 is 40.5 Å². The normalized spacial score (nSPS) is 11.0. The van der Waals surface area contributed by atoms with E-state index in [4.69, 9.17) is 11.6 Å². The summed E-state index contributed by atoms with van der Waals surface area (Å²) < 4.78 is 0. The predicted molar refractivity (Wildman–Crippen MR) is 126 cm³/mol. The van der Waals surface area contributed by atoms with Crippen molar-refractivity contribution < 1.29 is 9.59 Å². The van der Waals surface area contributed by atoms with E-state index in [1.54, 1.807) is 55.5 Å². The monoisotopic (exact) mass is 434 g/mol. The smallest absolute Gasteiger partial charge is 0.271 e. The molecule has 7 heteroatoms. The number of benzene rings is 3. The van der Waals surface area contributed by atoms with Crippen LogP contribution < -0.4 is 15.6 Å². The molecule has 3 aromatic rings. The van der Waals surface area contributed by atoms with Gasteiger partial charge in [-0.1, -0.05) is 23.7 Å². The maximum absolute atomic E-state index is 12.4. The summed E-state index contributed by atoms with van der Waals surface area (Å²) >= 11 is 5.87. The van der Waals surface area contributed by atoms with Crippen LogP contribution in [0.25, 0.3) is 0 Å². The summed E-state index contributed by atoms with van der Waals surface area (Å²) in [5, 5.41) is 7.62. The fourth-order valence-corrected chi connectivity index (χ4v) is 2.93. The number of carbonyl (C=O) groups excluding carboxylic acids is 2. The first kappa shape index (κ1) is 22.1. The largest absolute Gasteiger partial charge is 0.378 e. The van der Waals surface area contributed by atoms with E-state index in [1.807, 2.05) is 43.3 Å². The molecule has 0 aliphatic rings. The van der Waals surface area contributed by atoms with E-state index in [-0.39, 0.29) is 11.8 Å². The van der Waals surface area contributed by atoms with Crippen LogP contribution >= 0.6 is 11.6 Å². The summed E-state index contributed by atoms with van der Waals surface area (Å²) in [6.07, 6.45) is 0. The lowest BCUT2D eigenvalue weighted by molar-refractivity contribution is 0.0954. The van der Waals surface area contributed by atoms with Gasteiger partial charge in [0.15, 0.2) is 0 Å². The molecule has 31 heavy (non-hydrogen) atoms. The fraction of sp³-hybridized carbons (Fsp3) is 0.125. The zero-order valence-corrected chi connectivity index (χ0v) is 18.3. The Morgan fingerprint density at radius 3 is 2.10 bits per heavy atom. The van der Waals surface area contributed by atoms with Crippen molar-refractivity contribution in [1.82, 2.24) is 5.43 Å². The standard InChI is InChI=1S/C24H23ClN4O2/c1-16(27-28-24(31)18-9-13-22(14-10-18)29(2)3)19-5-4-6-21(15-19)26-23(30)17-7-11-20(25)12-8-17/h4-15H,1-3H3,(H,26,30)(H,28,31)/b27-16-. The van der Waals surface area contributed by atoms with Crippen LogP contribution in [-0.4, -0.2) is 31.6 Å². The number of hydrogen-bond acceptors (Lipinski definition) is 4. The van der Waals surface area contributed by atoms with E-state index >= 15 is 0 Å². The van der Waals surface area contributed by atoms with Crippen molar-refractivity contribution in [3.05, 3.63) is 94.5 Å². The molecule has 0 aliphatic carbocycles. The quantitative estimate of drug-likeness (QED) is 0.431. The Morgan fingerprint density at radius 1 is 0.839 bits per heavy atom. The Hall–Kier alpha value is -3.64. The Balaban J connectivity index is 1.66. The number of carbonyl (C=O) groups is 2. The van der Waals surface area contributed by atoms with Gasteiger partial charge in [-0.15, -0.1) is 0 Å². The van der Waals surface area contributed by atoms with Crippen LogP contribution in [0.3, 0.4) is 0 Å². The highest BCUT2D eigenvalue weighted by molar-refractivity contribution is 6.30. The van der Waals surface area contributed by atoms with Crippen LogP contribution in [0.15, 0.2) is 77.9 Å². The third-order valence-corrected chi connectivity index (χ3v) is 4.87. The fourth-order valence-electron chi connectivity index (χ4n) is 2.80. The molecular formula is C24H23ClN4O2.